The summed E-state index contributed by atoms with van der Waals surface area (Å²) in [5.41, 5.74) is 0. The zero-order valence-electron chi connectivity index (χ0n) is 22.0. The van der Waals surface area contributed by atoms with Gasteiger partial charge >= 0.3 is 5.97 Å². The first-order chi connectivity index (χ1) is 15.3. The molecule has 0 aliphatic heterocycles. The van der Waals surface area contributed by atoms with Crippen LogP contribution in [0, 0.1) is 0 Å². The highest BCUT2D eigenvalue weighted by Gasteiger charge is 2.20. The molecular formula is C27H55NO4. The second kappa shape index (κ2) is 24.5. The molecule has 0 bridgehead atoms. The van der Waals surface area contributed by atoms with Crippen LogP contribution in [0.3, 0.4) is 0 Å². The van der Waals surface area contributed by atoms with Crippen LogP contribution in [0.2, 0.25) is 0 Å². The predicted molar refractivity (Wildman–Crippen MR) is 134 cm³/mol. The van der Waals surface area contributed by atoms with E-state index in [1.165, 1.54) is 140 Å². The van der Waals surface area contributed by atoms with Crippen molar-refractivity contribution in [2.24, 2.45) is 0 Å². The van der Waals surface area contributed by atoms with Gasteiger partial charge in [-0.2, -0.15) is 0 Å². The van der Waals surface area contributed by atoms with Crippen molar-refractivity contribution < 1.29 is 24.3 Å². The molecule has 0 saturated carbocycles. The Balaban J connectivity index is 0. The van der Waals surface area contributed by atoms with E-state index in [4.69, 9.17) is 19.8 Å². The van der Waals surface area contributed by atoms with E-state index in [0.29, 0.717) is 0 Å². The van der Waals surface area contributed by atoms with Gasteiger partial charge in [-0.15, -0.1) is 0 Å². The Morgan fingerprint density at radius 3 is 1.00 bits per heavy atom. The molecule has 0 aromatic carbocycles. The number of nitrogens with zero attached hydrogens (tertiary/aromatic N) is 1. The number of aliphatic carboxylic acids is 2. The third-order valence-corrected chi connectivity index (χ3v) is 6.33. The van der Waals surface area contributed by atoms with Crippen molar-refractivity contribution in [3.63, 3.8) is 0 Å². The van der Waals surface area contributed by atoms with Crippen molar-refractivity contribution in [2.75, 3.05) is 26.7 Å². The number of carbonyl (C=O) groups excluding carboxylic acids is 1. The molecule has 1 N–H and O–H groups in total. The largest absolute Gasteiger partial charge is 0.539 e. The maximum absolute atomic E-state index is 9.04. The number of hydrogen-bond donors (Lipinski definition) is 1. The van der Waals surface area contributed by atoms with Crippen LogP contribution in [0.5, 0.6) is 0 Å². The first kappa shape index (κ1) is 33.1. The molecular weight excluding hydrogens is 402 g/mol. The Morgan fingerprint density at radius 2 is 0.781 bits per heavy atom. The Morgan fingerprint density at radius 1 is 0.562 bits per heavy atom. The molecule has 0 heterocycles. The molecule has 0 aromatic rings. The number of carboxylic acid groups (broad SMARTS) is 2. The van der Waals surface area contributed by atoms with E-state index in [2.05, 4.69) is 27.8 Å². The van der Waals surface area contributed by atoms with Gasteiger partial charge < -0.3 is 19.5 Å². The summed E-state index contributed by atoms with van der Waals surface area (Å²) in [6.07, 6.45) is 25.9. The third kappa shape index (κ3) is 25.2. The fraction of sp³-hybridized carbons (Fsp3) is 0.926. The highest BCUT2D eigenvalue weighted by molar-refractivity contribution is 6.26. The average molecular weight is 458 g/mol. The quantitative estimate of drug-likeness (QED) is 0.124. The third-order valence-electron chi connectivity index (χ3n) is 6.33. The summed E-state index contributed by atoms with van der Waals surface area (Å²) >= 11 is 0. The predicted octanol–water partition coefficient (Wildman–Crippen LogP) is 6.34. The van der Waals surface area contributed by atoms with Crippen LogP contribution in [0.4, 0.5) is 0 Å². The lowest BCUT2D eigenvalue weighted by Crippen LogP contribution is -2.46. The van der Waals surface area contributed by atoms with Gasteiger partial charge in [0.2, 0.25) is 0 Å². The molecule has 0 amide bonds. The Bertz CT molecular complexity index is 373. The van der Waals surface area contributed by atoms with Gasteiger partial charge in [0.15, 0.2) is 5.97 Å². The summed E-state index contributed by atoms with van der Waals surface area (Å²) in [6, 6.07) is 0. The molecule has 0 saturated heterocycles. The molecule has 0 aliphatic rings. The van der Waals surface area contributed by atoms with Gasteiger partial charge in [0.1, 0.15) is 0 Å². The number of unbranched alkanes of at least 4 members (excludes halogenated alkanes) is 15. The standard InChI is InChI=1S/C25H54N.C2H2O4/c1-5-8-11-14-17-20-23-26(4,24-21-18-15-12-9-6-2)25-22-19-16-13-10-7-3;3-1(4)2(5)6/h5-25H2,1-4H3;(H,3,4)(H,5,6)/q+1;/p-1. The smallest absolute Gasteiger partial charge is 0.351 e. The second-order valence-corrected chi connectivity index (χ2v) is 9.69. The number of hydrogen-bond acceptors (Lipinski definition) is 3. The Kier molecular flexibility index (Phi) is 25.4. The van der Waals surface area contributed by atoms with Crippen molar-refractivity contribution in [3.05, 3.63) is 0 Å². The van der Waals surface area contributed by atoms with E-state index >= 15 is 0 Å². The topological polar surface area (TPSA) is 77.4 Å². The van der Waals surface area contributed by atoms with Gasteiger partial charge in [-0.1, -0.05) is 97.8 Å². The van der Waals surface area contributed by atoms with Crippen molar-refractivity contribution in [2.45, 2.75) is 136 Å². The van der Waals surface area contributed by atoms with Gasteiger partial charge in [-0.25, -0.2) is 4.79 Å². The van der Waals surface area contributed by atoms with E-state index in [1.54, 1.807) is 0 Å². The molecule has 0 spiro atoms. The molecule has 0 atom stereocenters. The van der Waals surface area contributed by atoms with E-state index in [9.17, 15) is 0 Å². The maximum Gasteiger partial charge on any atom is 0.351 e. The van der Waals surface area contributed by atoms with Crippen molar-refractivity contribution in [1.82, 2.24) is 0 Å². The molecule has 192 valence electrons. The lowest BCUT2D eigenvalue weighted by atomic mass is 10.1. The molecule has 0 radical (unpaired) electrons. The van der Waals surface area contributed by atoms with Gasteiger partial charge in [-0.3, -0.25) is 0 Å². The molecule has 5 nitrogen and oxygen atoms in total. The van der Waals surface area contributed by atoms with Gasteiger partial charge in [0.25, 0.3) is 0 Å². The van der Waals surface area contributed by atoms with Crippen LogP contribution in [0.1, 0.15) is 136 Å². The lowest BCUT2D eigenvalue weighted by molar-refractivity contribution is -0.910. The summed E-state index contributed by atoms with van der Waals surface area (Å²) in [7, 11) is 2.56. The van der Waals surface area contributed by atoms with E-state index in [0.717, 1.165) is 0 Å². The normalized spacial score (nSPS) is 11.1. The molecule has 32 heavy (non-hydrogen) atoms. The number of carbonyl (C=O) groups is 2. The van der Waals surface area contributed by atoms with E-state index in [1.807, 2.05) is 0 Å². The summed E-state index contributed by atoms with van der Waals surface area (Å²) < 4.78 is 1.36. The van der Waals surface area contributed by atoms with Crippen LogP contribution in [0.25, 0.3) is 0 Å². The fourth-order valence-corrected chi connectivity index (χ4v) is 4.16. The zero-order chi connectivity index (χ0) is 24.5. The Hall–Kier alpha value is -1.10. The van der Waals surface area contributed by atoms with E-state index < -0.39 is 11.9 Å². The average Bonchev–Trinajstić information content (AvgIpc) is 2.76. The second-order valence-electron chi connectivity index (χ2n) is 9.69. The number of rotatable bonds is 21. The van der Waals surface area contributed by atoms with Gasteiger partial charge in [0, 0.05) is 0 Å². The molecule has 0 aliphatic carbocycles. The minimum atomic E-state index is -2.07. The Labute approximate surface area is 199 Å². The maximum atomic E-state index is 9.04. The van der Waals surface area contributed by atoms with Crippen LogP contribution in [0.15, 0.2) is 0 Å². The van der Waals surface area contributed by atoms with Crippen molar-refractivity contribution in [3.8, 4) is 0 Å². The fourth-order valence-electron chi connectivity index (χ4n) is 4.16. The lowest BCUT2D eigenvalue weighted by Gasteiger charge is -2.35. The van der Waals surface area contributed by atoms with Crippen LogP contribution < -0.4 is 5.11 Å². The zero-order valence-corrected chi connectivity index (χ0v) is 22.0. The van der Waals surface area contributed by atoms with E-state index in [-0.39, 0.29) is 0 Å². The van der Waals surface area contributed by atoms with Gasteiger partial charge in [-0.05, 0) is 38.5 Å². The first-order valence-corrected chi connectivity index (χ1v) is 13.6. The monoisotopic (exact) mass is 457 g/mol. The first-order valence-electron chi connectivity index (χ1n) is 13.6. The molecule has 0 rings (SSSR count). The summed E-state index contributed by atoms with van der Waals surface area (Å²) in [6.45, 7) is 11.2. The summed E-state index contributed by atoms with van der Waals surface area (Å²) in [5.74, 6) is -4.01. The van der Waals surface area contributed by atoms with Crippen molar-refractivity contribution >= 4 is 11.9 Å². The highest BCUT2D eigenvalue weighted by atomic mass is 16.4. The number of carboxylic acids is 2. The van der Waals surface area contributed by atoms with Gasteiger partial charge in [0.05, 0.1) is 26.7 Å². The van der Waals surface area contributed by atoms with Crippen molar-refractivity contribution in [1.29, 1.82) is 0 Å². The minimum absolute atomic E-state index is 1.36. The van der Waals surface area contributed by atoms with Crippen LogP contribution in [-0.2, 0) is 9.59 Å². The summed E-state index contributed by atoms with van der Waals surface area (Å²) in [5, 5.41) is 16.3. The summed E-state index contributed by atoms with van der Waals surface area (Å²) in [4.78, 5) is 18.0. The highest BCUT2D eigenvalue weighted by Crippen LogP contribution is 2.16. The van der Waals surface area contributed by atoms with Crippen LogP contribution >= 0.6 is 0 Å². The molecule has 5 heteroatoms. The number of quaternary nitrogens is 1. The molecule has 0 fully saturated rings. The molecule has 0 unspecified atom stereocenters. The SMILES string of the molecule is CCCCCCCC[N+](C)(CCCCCCCC)CCCCCCCC.O=C([O-])C(=O)O. The minimum Gasteiger partial charge on any atom is -0.539 e. The van der Waals surface area contributed by atoms with Crippen LogP contribution in [-0.4, -0.2) is 48.2 Å². The molecule has 0 aromatic heterocycles.